The fraction of sp³-hybridized carbons (Fsp3) is 0.714. The lowest BCUT2D eigenvalue weighted by Crippen LogP contribution is -2.01. The van der Waals surface area contributed by atoms with Gasteiger partial charge in [0.2, 0.25) is 0 Å². The molecule has 9 heavy (non-hydrogen) atoms. The highest BCUT2D eigenvalue weighted by Gasteiger charge is 1.93. The first-order valence-electron chi connectivity index (χ1n) is 3.13. The molecule has 0 aromatic carbocycles. The molecule has 0 aromatic heterocycles. The Morgan fingerprint density at radius 3 is 2.33 bits per heavy atom. The molecule has 0 unspecified atom stereocenters. The van der Waals surface area contributed by atoms with Gasteiger partial charge in [-0.25, -0.2) is 4.99 Å². The molecule has 2 heteroatoms. The van der Waals surface area contributed by atoms with Crippen molar-refractivity contribution in [2.45, 2.75) is 20.8 Å². The Bertz CT molecular complexity index is 123. The third-order valence-electron chi connectivity index (χ3n) is 1.21. The summed E-state index contributed by atoms with van der Waals surface area (Å²) >= 11 is 0. The second-order valence-electron chi connectivity index (χ2n) is 2.30. The first kappa shape index (κ1) is 8.34. The molecule has 0 spiro atoms. The van der Waals surface area contributed by atoms with Gasteiger partial charge in [0.05, 0.1) is 0 Å². The topological polar surface area (TPSA) is 24.7 Å². The first-order valence-corrected chi connectivity index (χ1v) is 3.13. The van der Waals surface area contributed by atoms with E-state index >= 15 is 0 Å². The Morgan fingerprint density at radius 1 is 1.44 bits per heavy atom. The fourth-order valence-corrected chi connectivity index (χ4v) is 0.298. The summed E-state index contributed by atoms with van der Waals surface area (Å²) in [5, 5.41) is 0. The summed E-state index contributed by atoms with van der Waals surface area (Å²) in [5.41, 5.74) is 1.13. The molecule has 0 aliphatic rings. The summed E-state index contributed by atoms with van der Waals surface area (Å²) in [6.45, 7) is 6.23. The van der Waals surface area contributed by atoms with Crippen LogP contribution in [0.2, 0.25) is 0 Å². The molecule has 0 atom stereocenters. The minimum atomic E-state index is 0.531. The number of aliphatic imine (C=N–C) groups is 2. The van der Waals surface area contributed by atoms with Crippen molar-refractivity contribution in [1.82, 2.24) is 0 Å². The molecular formula is C7H14N2. The third-order valence-corrected chi connectivity index (χ3v) is 1.21. The minimum absolute atomic E-state index is 0.531. The van der Waals surface area contributed by atoms with E-state index in [4.69, 9.17) is 0 Å². The van der Waals surface area contributed by atoms with Gasteiger partial charge < -0.3 is 0 Å². The van der Waals surface area contributed by atoms with Crippen LogP contribution in [0.15, 0.2) is 9.98 Å². The Labute approximate surface area is 56.7 Å². The monoisotopic (exact) mass is 126 g/mol. The highest BCUT2D eigenvalue weighted by atomic mass is 14.8. The van der Waals surface area contributed by atoms with E-state index < -0.39 is 0 Å². The molecule has 0 saturated carbocycles. The summed E-state index contributed by atoms with van der Waals surface area (Å²) in [4.78, 5) is 7.81. The maximum absolute atomic E-state index is 4.07. The van der Waals surface area contributed by atoms with Gasteiger partial charge in [-0.2, -0.15) is 0 Å². The van der Waals surface area contributed by atoms with E-state index in [1.165, 1.54) is 0 Å². The lowest BCUT2D eigenvalue weighted by molar-refractivity contribution is 0.881. The van der Waals surface area contributed by atoms with Gasteiger partial charge in [0, 0.05) is 12.8 Å². The lowest BCUT2D eigenvalue weighted by atomic mass is 10.1. The van der Waals surface area contributed by atoms with Gasteiger partial charge in [-0.15, -0.1) is 0 Å². The molecule has 0 aliphatic heterocycles. The predicted octanol–water partition coefficient (Wildman–Crippen LogP) is 1.76. The normalized spacial score (nSPS) is 13.7. The summed E-state index contributed by atoms with van der Waals surface area (Å²) in [5.74, 6) is 0.531. The van der Waals surface area contributed by atoms with Crippen LogP contribution in [0.25, 0.3) is 0 Å². The first-order chi connectivity index (χ1) is 4.18. The molecule has 0 heterocycles. The molecule has 0 radical (unpaired) electrons. The van der Waals surface area contributed by atoms with Gasteiger partial charge in [0.25, 0.3) is 0 Å². The standard InChI is InChI=1S/C7H14N2/c1-6(2)7(3)9-5-8-4/h5-6H,1-4H3. The Balaban J connectivity index is 3.84. The van der Waals surface area contributed by atoms with E-state index in [0.29, 0.717) is 5.92 Å². The van der Waals surface area contributed by atoms with E-state index in [-0.39, 0.29) is 0 Å². The molecule has 0 N–H and O–H groups in total. The number of hydrogen-bond acceptors (Lipinski definition) is 1. The second kappa shape index (κ2) is 4.24. The Kier molecular flexibility index (Phi) is 3.93. The van der Waals surface area contributed by atoms with Crippen molar-refractivity contribution in [1.29, 1.82) is 0 Å². The summed E-state index contributed by atoms with van der Waals surface area (Å²) < 4.78 is 0. The molecule has 0 aliphatic carbocycles. The van der Waals surface area contributed by atoms with Crippen molar-refractivity contribution in [2.24, 2.45) is 15.9 Å². The van der Waals surface area contributed by atoms with Gasteiger partial charge >= 0.3 is 0 Å². The SMILES string of the molecule is CN=CN=C(C)C(C)C. The molecule has 0 aromatic rings. The van der Waals surface area contributed by atoms with E-state index in [0.717, 1.165) is 5.71 Å². The highest BCUT2D eigenvalue weighted by Crippen LogP contribution is 1.93. The van der Waals surface area contributed by atoms with Crippen LogP contribution in [0.5, 0.6) is 0 Å². The van der Waals surface area contributed by atoms with Crippen LogP contribution >= 0.6 is 0 Å². The van der Waals surface area contributed by atoms with Crippen LogP contribution in [0.1, 0.15) is 20.8 Å². The van der Waals surface area contributed by atoms with Crippen molar-refractivity contribution >= 4 is 12.1 Å². The summed E-state index contributed by atoms with van der Waals surface area (Å²) in [6.07, 6.45) is 1.58. The average molecular weight is 126 g/mol. The number of hydrogen-bond donors (Lipinski definition) is 0. The quantitative estimate of drug-likeness (QED) is 0.398. The summed E-state index contributed by atoms with van der Waals surface area (Å²) in [6, 6.07) is 0. The molecule has 2 nitrogen and oxygen atoms in total. The van der Waals surface area contributed by atoms with Crippen LogP contribution in [0.3, 0.4) is 0 Å². The van der Waals surface area contributed by atoms with E-state index in [2.05, 4.69) is 23.8 Å². The third kappa shape index (κ3) is 3.88. The van der Waals surface area contributed by atoms with Crippen LogP contribution in [0, 0.1) is 5.92 Å². The van der Waals surface area contributed by atoms with Gasteiger partial charge in [-0.1, -0.05) is 13.8 Å². The maximum atomic E-state index is 4.07. The molecule has 0 fully saturated rings. The Morgan fingerprint density at radius 2 is 2.00 bits per heavy atom. The summed E-state index contributed by atoms with van der Waals surface area (Å²) in [7, 11) is 1.72. The smallest absolute Gasteiger partial charge is 0.109 e. The van der Waals surface area contributed by atoms with Crippen molar-refractivity contribution in [3.63, 3.8) is 0 Å². The molecule has 52 valence electrons. The van der Waals surface area contributed by atoms with E-state index in [1.807, 2.05) is 6.92 Å². The molecule has 0 bridgehead atoms. The van der Waals surface area contributed by atoms with Crippen LogP contribution in [-0.2, 0) is 0 Å². The molecular weight excluding hydrogens is 112 g/mol. The van der Waals surface area contributed by atoms with Gasteiger partial charge in [-0.05, 0) is 12.8 Å². The minimum Gasteiger partial charge on any atom is -0.277 e. The number of rotatable bonds is 2. The zero-order valence-electron chi connectivity index (χ0n) is 6.55. The molecule has 0 saturated heterocycles. The zero-order chi connectivity index (χ0) is 7.28. The van der Waals surface area contributed by atoms with E-state index in [9.17, 15) is 0 Å². The Hall–Kier alpha value is -0.660. The molecule has 0 rings (SSSR count). The van der Waals surface area contributed by atoms with Crippen molar-refractivity contribution in [2.75, 3.05) is 7.05 Å². The van der Waals surface area contributed by atoms with Crippen LogP contribution in [0.4, 0.5) is 0 Å². The highest BCUT2D eigenvalue weighted by molar-refractivity contribution is 5.89. The number of nitrogens with zero attached hydrogens (tertiary/aromatic N) is 2. The van der Waals surface area contributed by atoms with Crippen LogP contribution < -0.4 is 0 Å². The fourth-order valence-electron chi connectivity index (χ4n) is 0.298. The average Bonchev–Trinajstić information content (AvgIpc) is 1.82. The zero-order valence-corrected chi connectivity index (χ0v) is 6.55. The van der Waals surface area contributed by atoms with Crippen molar-refractivity contribution in [3.8, 4) is 0 Å². The molecule has 0 amide bonds. The van der Waals surface area contributed by atoms with Crippen molar-refractivity contribution in [3.05, 3.63) is 0 Å². The van der Waals surface area contributed by atoms with Gasteiger partial charge in [0.1, 0.15) is 6.34 Å². The predicted molar refractivity (Wildman–Crippen MR) is 42.4 cm³/mol. The second-order valence-corrected chi connectivity index (χ2v) is 2.30. The largest absolute Gasteiger partial charge is 0.277 e. The van der Waals surface area contributed by atoms with E-state index in [1.54, 1.807) is 13.4 Å². The van der Waals surface area contributed by atoms with Crippen molar-refractivity contribution < 1.29 is 0 Å². The lowest BCUT2D eigenvalue weighted by Gasteiger charge is -1.99. The maximum Gasteiger partial charge on any atom is 0.109 e. The van der Waals surface area contributed by atoms with Gasteiger partial charge in [0.15, 0.2) is 0 Å². The van der Waals surface area contributed by atoms with Crippen LogP contribution in [-0.4, -0.2) is 19.1 Å². The van der Waals surface area contributed by atoms with Gasteiger partial charge in [-0.3, -0.25) is 4.99 Å².